The van der Waals surface area contributed by atoms with Crippen LogP contribution in [-0.2, 0) is 6.54 Å². The number of rotatable bonds is 5. The summed E-state index contributed by atoms with van der Waals surface area (Å²) < 4.78 is 0. The third-order valence-corrected chi connectivity index (χ3v) is 4.87. The predicted octanol–water partition coefficient (Wildman–Crippen LogP) is 4.29. The monoisotopic (exact) mass is 339 g/mol. The number of nitro benzene ring substituents is 1. The van der Waals surface area contributed by atoms with E-state index in [1.807, 2.05) is 6.07 Å². The normalized spacial score (nSPS) is 15.9. The highest BCUT2D eigenvalue weighted by Gasteiger charge is 2.20. The molecular weight excluding hydrogens is 314 g/mol. The number of aryl methyl sites for hydroxylation is 2. The van der Waals surface area contributed by atoms with Gasteiger partial charge in [-0.05, 0) is 49.4 Å². The first kappa shape index (κ1) is 17.4. The molecule has 1 aliphatic heterocycles. The zero-order valence-electron chi connectivity index (χ0n) is 14.9. The molecule has 0 amide bonds. The topological polar surface area (TPSA) is 58.4 Å². The van der Waals surface area contributed by atoms with Gasteiger partial charge in [0, 0.05) is 43.5 Å². The van der Waals surface area contributed by atoms with Crippen molar-refractivity contribution in [1.29, 1.82) is 0 Å². The first-order chi connectivity index (χ1) is 12.0. The summed E-state index contributed by atoms with van der Waals surface area (Å²) in [6.07, 6.45) is 2.17. The number of nitrogens with zero attached hydrogens (tertiary/aromatic N) is 2. The van der Waals surface area contributed by atoms with Gasteiger partial charge < -0.3 is 5.32 Å². The largest absolute Gasteiger partial charge is 0.382 e. The lowest BCUT2D eigenvalue weighted by Gasteiger charge is -2.33. The van der Waals surface area contributed by atoms with Gasteiger partial charge in [0.15, 0.2) is 0 Å². The van der Waals surface area contributed by atoms with E-state index in [0.717, 1.165) is 38.0 Å². The maximum absolute atomic E-state index is 10.9. The molecule has 1 fully saturated rings. The van der Waals surface area contributed by atoms with Crippen molar-refractivity contribution < 1.29 is 4.92 Å². The quantitative estimate of drug-likeness (QED) is 0.652. The van der Waals surface area contributed by atoms with E-state index in [2.05, 4.69) is 42.3 Å². The van der Waals surface area contributed by atoms with Crippen LogP contribution in [0.3, 0.4) is 0 Å². The summed E-state index contributed by atoms with van der Waals surface area (Å²) in [5, 5.41) is 14.6. The summed E-state index contributed by atoms with van der Waals surface area (Å²) in [4.78, 5) is 12.9. The van der Waals surface area contributed by atoms with Crippen LogP contribution in [0, 0.1) is 24.0 Å². The van der Waals surface area contributed by atoms with Crippen molar-refractivity contribution in [2.75, 3.05) is 18.4 Å². The van der Waals surface area contributed by atoms with Crippen LogP contribution in [0.15, 0.2) is 42.5 Å². The molecule has 0 radical (unpaired) electrons. The molecule has 0 saturated carbocycles. The van der Waals surface area contributed by atoms with E-state index < -0.39 is 0 Å². The molecule has 5 nitrogen and oxygen atoms in total. The van der Waals surface area contributed by atoms with E-state index in [1.54, 1.807) is 18.2 Å². The van der Waals surface area contributed by atoms with E-state index in [9.17, 15) is 10.1 Å². The molecule has 25 heavy (non-hydrogen) atoms. The molecule has 5 heteroatoms. The van der Waals surface area contributed by atoms with Gasteiger partial charge in [-0.2, -0.15) is 0 Å². The summed E-state index contributed by atoms with van der Waals surface area (Å²) in [6.45, 7) is 7.04. The minimum Gasteiger partial charge on any atom is -0.382 e. The van der Waals surface area contributed by atoms with Crippen LogP contribution in [0.5, 0.6) is 0 Å². The van der Waals surface area contributed by atoms with Gasteiger partial charge in [-0.25, -0.2) is 0 Å². The van der Waals surface area contributed by atoms with Gasteiger partial charge in [-0.3, -0.25) is 15.0 Å². The Labute approximate surface area is 148 Å². The molecule has 0 bridgehead atoms. The number of hydrogen-bond acceptors (Lipinski definition) is 4. The summed E-state index contributed by atoms with van der Waals surface area (Å²) in [6, 6.07) is 14.0. The minimum atomic E-state index is -0.330. The Morgan fingerprint density at radius 2 is 1.92 bits per heavy atom. The predicted molar refractivity (Wildman–Crippen MR) is 101 cm³/mol. The fourth-order valence-corrected chi connectivity index (χ4v) is 3.37. The second kappa shape index (κ2) is 7.66. The van der Waals surface area contributed by atoms with Gasteiger partial charge in [-0.15, -0.1) is 0 Å². The third-order valence-electron chi connectivity index (χ3n) is 4.87. The Morgan fingerprint density at radius 1 is 1.16 bits per heavy atom. The number of benzene rings is 2. The van der Waals surface area contributed by atoms with E-state index in [1.165, 1.54) is 16.8 Å². The van der Waals surface area contributed by atoms with Crippen molar-refractivity contribution in [3.8, 4) is 0 Å². The van der Waals surface area contributed by atoms with Gasteiger partial charge in [0.2, 0.25) is 0 Å². The van der Waals surface area contributed by atoms with Crippen molar-refractivity contribution in [3.63, 3.8) is 0 Å². The fourth-order valence-electron chi connectivity index (χ4n) is 3.37. The molecule has 2 aromatic rings. The Hall–Kier alpha value is -2.40. The summed E-state index contributed by atoms with van der Waals surface area (Å²) >= 11 is 0. The Morgan fingerprint density at radius 3 is 2.64 bits per heavy atom. The number of piperidine rings is 1. The molecule has 0 unspecified atom stereocenters. The Bertz CT molecular complexity index is 752. The van der Waals surface area contributed by atoms with Crippen molar-refractivity contribution in [2.45, 2.75) is 39.3 Å². The van der Waals surface area contributed by atoms with Crippen LogP contribution in [0.1, 0.15) is 29.5 Å². The van der Waals surface area contributed by atoms with Crippen molar-refractivity contribution in [2.24, 2.45) is 0 Å². The van der Waals surface area contributed by atoms with Gasteiger partial charge in [0.1, 0.15) is 0 Å². The average Bonchev–Trinajstić information content (AvgIpc) is 2.60. The van der Waals surface area contributed by atoms with E-state index in [4.69, 9.17) is 0 Å². The lowest BCUT2D eigenvalue weighted by Crippen LogP contribution is -2.38. The lowest BCUT2D eigenvalue weighted by molar-refractivity contribution is -0.384. The smallest absolute Gasteiger partial charge is 0.269 e. The summed E-state index contributed by atoms with van der Waals surface area (Å²) in [5.74, 6) is 0. The molecule has 3 rings (SSSR count). The van der Waals surface area contributed by atoms with Gasteiger partial charge in [0.25, 0.3) is 5.69 Å². The lowest BCUT2D eigenvalue weighted by atomic mass is 10.0. The van der Waals surface area contributed by atoms with Crippen molar-refractivity contribution in [3.05, 3.63) is 69.3 Å². The van der Waals surface area contributed by atoms with E-state index in [0.29, 0.717) is 6.04 Å². The number of hydrogen-bond donors (Lipinski definition) is 1. The average molecular weight is 339 g/mol. The minimum absolute atomic E-state index is 0.170. The molecule has 1 heterocycles. The van der Waals surface area contributed by atoms with Crippen molar-refractivity contribution in [1.82, 2.24) is 4.90 Å². The first-order valence-electron chi connectivity index (χ1n) is 8.81. The highest BCUT2D eigenvalue weighted by atomic mass is 16.6. The second-order valence-corrected chi connectivity index (χ2v) is 6.94. The molecule has 0 atom stereocenters. The molecule has 1 N–H and O–H groups in total. The first-order valence-corrected chi connectivity index (χ1v) is 8.81. The van der Waals surface area contributed by atoms with Gasteiger partial charge in [-0.1, -0.05) is 24.3 Å². The van der Waals surface area contributed by atoms with Crippen LogP contribution >= 0.6 is 0 Å². The van der Waals surface area contributed by atoms with Crippen LogP contribution in [0.25, 0.3) is 0 Å². The maximum Gasteiger partial charge on any atom is 0.269 e. The summed E-state index contributed by atoms with van der Waals surface area (Å²) in [7, 11) is 0. The van der Waals surface area contributed by atoms with Gasteiger partial charge in [0.05, 0.1) is 4.92 Å². The molecule has 0 aliphatic carbocycles. The highest BCUT2D eigenvalue weighted by molar-refractivity contribution is 5.53. The van der Waals surface area contributed by atoms with Crippen molar-refractivity contribution >= 4 is 11.4 Å². The maximum atomic E-state index is 10.9. The van der Waals surface area contributed by atoms with Crippen LogP contribution in [0.4, 0.5) is 11.4 Å². The standard InChI is InChI=1S/C20H25N3O2/c1-15-6-7-16(2)20(12-15)21-18-8-10-22(11-9-18)14-17-4-3-5-19(13-17)23(24)25/h3-7,12-13,18,21H,8-11,14H2,1-2H3. The highest BCUT2D eigenvalue weighted by Crippen LogP contribution is 2.22. The molecular formula is C20H25N3O2. The van der Waals surface area contributed by atoms with E-state index >= 15 is 0 Å². The number of nitrogens with one attached hydrogen (secondary N) is 1. The molecule has 0 spiro atoms. The Balaban J connectivity index is 1.54. The van der Waals surface area contributed by atoms with Crippen LogP contribution in [-0.4, -0.2) is 29.0 Å². The zero-order valence-corrected chi connectivity index (χ0v) is 14.9. The third kappa shape index (κ3) is 4.57. The van der Waals surface area contributed by atoms with Gasteiger partial charge >= 0.3 is 0 Å². The molecule has 1 saturated heterocycles. The fraction of sp³-hybridized carbons (Fsp3) is 0.400. The molecule has 0 aromatic heterocycles. The molecule has 1 aliphatic rings. The summed E-state index contributed by atoms with van der Waals surface area (Å²) in [5.41, 5.74) is 4.97. The number of likely N-dealkylation sites (tertiary alicyclic amines) is 1. The Kier molecular flexibility index (Phi) is 5.34. The second-order valence-electron chi connectivity index (χ2n) is 6.94. The number of non-ortho nitro benzene ring substituents is 1. The zero-order chi connectivity index (χ0) is 17.8. The van der Waals surface area contributed by atoms with Crippen LogP contribution < -0.4 is 5.32 Å². The van der Waals surface area contributed by atoms with Crippen LogP contribution in [0.2, 0.25) is 0 Å². The molecule has 2 aromatic carbocycles. The van der Waals surface area contributed by atoms with E-state index in [-0.39, 0.29) is 10.6 Å². The molecule has 132 valence electrons. The number of nitro groups is 1. The number of anilines is 1. The SMILES string of the molecule is Cc1ccc(C)c(NC2CCN(Cc3cccc([N+](=O)[O-])c3)CC2)c1.